The minimum atomic E-state index is 1.58. The average molecular weight is 166 g/mol. The number of hydrogen-bond acceptors (Lipinski definition) is 3. The first-order valence-electron chi connectivity index (χ1n) is 2.97. The summed E-state index contributed by atoms with van der Waals surface area (Å²) in [7, 11) is 0. The summed E-state index contributed by atoms with van der Waals surface area (Å²) in [6, 6.07) is 0. The van der Waals surface area contributed by atoms with Crippen molar-refractivity contribution in [1.29, 1.82) is 0 Å². The van der Waals surface area contributed by atoms with E-state index in [0.29, 0.717) is 0 Å². The third kappa shape index (κ3) is 8.78. The molecule has 1 aromatic heterocycles. The van der Waals surface area contributed by atoms with E-state index in [2.05, 4.69) is 23.3 Å². The number of nitrogens with zero attached hydrogens (tertiary/aromatic N) is 2. The Balaban J connectivity index is 0.000000183. The van der Waals surface area contributed by atoms with Crippen molar-refractivity contribution in [2.45, 2.75) is 0 Å². The maximum absolute atomic E-state index is 3.74. The van der Waals surface area contributed by atoms with Crippen LogP contribution in [0.3, 0.4) is 0 Å². The van der Waals surface area contributed by atoms with Gasteiger partial charge in [0.2, 0.25) is 0 Å². The molecule has 11 heavy (non-hydrogen) atoms. The second kappa shape index (κ2) is 8.78. The number of allylic oxidation sites excluding steroid dienone is 2. The summed E-state index contributed by atoms with van der Waals surface area (Å²) in [6.45, 7) is 6.64. The lowest BCUT2D eigenvalue weighted by molar-refractivity contribution is 1.43. The zero-order valence-electron chi connectivity index (χ0n) is 6.18. The molecule has 1 aromatic rings. The molecule has 0 N–H and O–H groups in total. The molecule has 2 nitrogen and oxygen atoms in total. The predicted octanol–water partition coefficient (Wildman–Crippen LogP) is 2.53. The van der Waals surface area contributed by atoms with Gasteiger partial charge in [0, 0.05) is 17.8 Å². The zero-order chi connectivity index (χ0) is 8.36. The standard InChI is InChI=1S/C5H7N.C3H3NS/c1-3-4-5-6-2;1-2-5-3-4-1/h3-5H,1-2H2;1-3H/b5-4-;. The molecule has 0 aliphatic heterocycles. The summed E-state index contributed by atoms with van der Waals surface area (Å²) < 4.78 is 0. The zero-order valence-corrected chi connectivity index (χ0v) is 7.00. The average Bonchev–Trinajstić information content (AvgIpc) is 2.57. The van der Waals surface area contributed by atoms with Crippen LogP contribution in [0.1, 0.15) is 0 Å². The molecule has 0 radical (unpaired) electrons. The monoisotopic (exact) mass is 166 g/mol. The Morgan fingerprint density at radius 1 is 1.55 bits per heavy atom. The van der Waals surface area contributed by atoms with Crippen LogP contribution in [0.4, 0.5) is 0 Å². The molecule has 0 aliphatic carbocycles. The van der Waals surface area contributed by atoms with E-state index in [-0.39, 0.29) is 0 Å². The number of aromatic nitrogens is 1. The first-order chi connectivity index (χ1) is 5.41. The van der Waals surface area contributed by atoms with Gasteiger partial charge in [-0.05, 0) is 12.8 Å². The van der Waals surface area contributed by atoms with Gasteiger partial charge in [-0.15, -0.1) is 11.3 Å². The molecule has 0 saturated carbocycles. The molecule has 0 aromatic carbocycles. The number of hydrogen-bond donors (Lipinski definition) is 0. The quantitative estimate of drug-likeness (QED) is 0.489. The van der Waals surface area contributed by atoms with Gasteiger partial charge in [0.25, 0.3) is 0 Å². The lowest BCUT2D eigenvalue weighted by Crippen LogP contribution is -1.40. The minimum absolute atomic E-state index is 1.58. The minimum Gasteiger partial charge on any atom is -0.273 e. The van der Waals surface area contributed by atoms with Crippen LogP contribution >= 0.6 is 11.3 Å². The fourth-order valence-corrected chi connectivity index (χ4v) is 0.649. The van der Waals surface area contributed by atoms with Crippen LogP contribution < -0.4 is 0 Å². The molecule has 3 heteroatoms. The van der Waals surface area contributed by atoms with Crippen molar-refractivity contribution in [3.05, 3.63) is 42.0 Å². The van der Waals surface area contributed by atoms with Crippen molar-refractivity contribution >= 4 is 18.1 Å². The van der Waals surface area contributed by atoms with Crippen molar-refractivity contribution in [3.63, 3.8) is 0 Å². The molecule has 0 aliphatic rings. The van der Waals surface area contributed by atoms with Gasteiger partial charge in [0.05, 0.1) is 5.51 Å². The van der Waals surface area contributed by atoms with E-state index in [9.17, 15) is 0 Å². The highest BCUT2D eigenvalue weighted by atomic mass is 32.1. The van der Waals surface area contributed by atoms with E-state index >= 15 is 0 Å². The maximum Gasteiger partial charge on any atom is 0.0791 e. The van der Waals surface area contributed by atoms with E-state index in [1.54, 1.807) is 41.4 Å². The van der Waals surface area contributed by atoms with E-state index < -0.39 is 0 Å². The van der Waals surface area contributed by atoms with Crippen LogP contribution in [0, 0.1) is 0 Å². The van der Waals surface area contributed by atoms with Gasteiger partial charge in [-0.1, -0.05) is 12.7 Å². The van der Waals surface area contributed by atoms with Gasteiger partial charge in [-0.2, -0.15) is 0 Å². The number of aliphatic imine (C=N–C) groups is 1. The second-order valence-electron chi connectivity index (χ2n) is 1.44. The Kier molecular flexibility index (Phi) is 7.81. The van der Waals surface area contributed by atoms with Crippen molar-refractivity contribution in [1.82, 2.24) is 4.98 Å². The van der Waals surface area contributed by atoms with Crippen molar-refractivity contribution in [3.8, 4) is 0 Å². The molecule has 1 rings (SSSR count). The molecule has 0 bridgehead atoms. The first-order valence-corrected chi connectivity index (χ1v) is 3.91. The van der Waals surface area contributed by atoms with Gasteiger partial charge in [-0.25, -0.2) is 0 Å². The van der Waals surface area contributed by atoms with Crippen LogP contribution in [0.2, 0.25) is 0 Å². The molecule has 58 valence electrons. The highest BCUT2D eigenvalue weighted by Crippen LogP contribution is 1.85. The summed E-state index contributed by atoms with van der Waals surface area (Å²) in [6.07, 6.45) is 6.71. The molecule has 0 spiro atoms. The van der Waals surface area contributed by atoms with Crippen molar-refractivity contribution in [2.24, 2.45) is 4.99 Å². The second-order valence-corrected chi connectivity index (χ2v) is 2.19. The van der Waals surface area contributed by atoms with Crippen LogP contribution in [-0.2, 0) is 0 Å². The topological polar surface area (TPSA) is 25.2 Å². The Morgan fingerprint density at radius 2 is 2.36 bits per heavy atom. The van der Waals surface area contributed by atoms with Gasteiger partial charge >= 0.3 is 0 Å². The molecule has 1 heterocycles. The lowest BCUT2D eigenvalue weighted by Gasteiger charge is -1.61. The van der Waals surface area contributed by atoms with Gasteiger partial charge in [-0.3, -0.25) is 9.98 Å². The first kappa shape index (κ1) is 9.78. The number of rotatable bonds is 2. The van der Waals surface area contributed by atoms with Gasteiger partial charge in [0.15, 0.2) is 0 Å². The predicted molar refractivity (Wildman–Crippen MR) is 51.0 cm³/mol. The lowest BCUT2D eigenvalue weighted by atomic mass is 10.6. The van der Waals surface area contributed by atoms with Gasteiger partial charge < -0.3 is 0 Å². The molecule has 0 saturated heterocycles. The van der Waals surface area contributed by atoms with Crippen molar-refractivity contribution < 1.29 is 0 Å². The summed E-state index contributed by atoms with van der Waals surface area (Å²) in [5, 5.41) is 1.93. The summed E-state index contributed by atoms with van der Waals surface area (Å²) in [4.78, 5) is 7.16. The molecule has 0 atom stereocenters. The summed E-state index contributed by atoms with van der Waals surface area (Å²) in [5.74, 6) is 0. The molecular weight excluding hydrogens is 156 g/mol. The fraction of sp³-hybridized carbons (Fsp3) is 0. The summed E-state index contributed by atoms with van der Waals surface area (Å²) >= 11 is 1.60. The Labute approximate surface area is 70.6 Å². The third-order valence-electron chi connectivity index (χ3n) is 0.675. The molecule has 0 fully saturated rings. The highest BCUT2D eigenvalue weighted by molar-refractivity contribution is 7.07. The molecular formula is C8H10N2S. The fourth-order valence-electron chi connectivity index (χ4n) is 0.297. The van der Waals surface area contributed by atoms with E-state index in [0.717, 1.165) is 0 Å². The van der Waals surface area contributed by atoms with Crippen LogP contribution in [0.15, 0.2) is 47.0 Å². The van der Waals surface area contributed by atoms with Crippen LogP contribution in [0.5, 0.6) is 0 Å². The van der Waals surface area contributed by atoms with E-state index in [1.807, 2.05) is 5.38 Å². The van der Waals surface area contributed by atoms with E-state index in [4.69, 9.17) is 0 Å². The number of thiazole rings is 1. The highest BCUT2D eigenvalue weighted by Gasteiger charge is 1.59. The van der Waals surface area contributed by atoms with Crippen molar-refractivity contribution in [2.75, 3.05) is 0 Å². The molecule has 0 unspecified atom stereocenters. The van der Waals surface area contributed by atoms with Crippen LogP contribution in [0.25, 0.3) is 0 Å². The Morgan fingerprint density at radius 3 is 2.55 bits per heavy atom. The smallest absolute Gasteiger partial charge is 0.0791 e. The Bertz CT molecular complexity index is 175. The van der Waals surface area contributed by atoms with E-state index in [1.165, 1.54) is 0 Å². The Hall–Kier alpha value is -1.22. The molecule has 0 amide bonds. The summed E-state index contributed by atoms with van der Waals surface area (Å²) in [5.41, 5.74) is 1.79. The largest absolute Gasteiger partial charge is 0.273 e. The maximum atomic E-state index is 3.74. The van der Waals surface area contributed by atoms with Crippen LogP contribution in [-0.4, -0.2) is 11.7 Å². The van der Waals surface area contributed by atoms with Gasteiger partial charge in [0.1, 0.15) is 0 Å². The normalized spacial score (nSPS) is 8.36. The third-order valence-corrected chi connectivity index (χ3v) is 1.20. The SMILES string of the molecule is C=C/C=C\N=C.c1cscn1.